The highest BCUT2D eigenvalue weighted by atomic mass is 17.1. The molecule has 0 aliphatic rings. The third-order valence-electron chi connectivity index (χ3n) is 0.581. The van der Waals surface area contributed by atoms with Crippen LogP contribution in [0.2, 0.25) is 0 Å². The normalized spacial score (nSPS) is 9.08. The van der Waals surface area contributed by atoms with E-state index in [1.54, 1.807) is 6.08 Å². The first-order valence-electron chi connectivity index (χ1n) is 3.17. The van der Waals surface area contributed by atoms with Crippen LogP contribution in [0.3, 0.4) is 0 Å². The SMILES string of the molecule is C/C=C/C=N/NC(=N)N.O=COO.[HH]. The molecular weight excluding hydrogens is 176 g/mol. The third-order valence-corrected chi connectivity index (χ3v) is 0.581. The predicted octanol–water partition coefficient (Wildman–Crippen LogP) is -0.0902. The summed E-state index contributed by atoms with van der Waals surface area (Å²) in [6, 6.07) is 0. The highest BCUT2D eigenvalue weighted by molar-refractivity contribution is 5.77. The molecule has 0 aliphatic carbocycles. The lowest BCUT2D eigenvalue weighted by atomic mass is 10.6. The van der Waals surface area contributed by atoms with Crippen molar-refractivity contribution in [3.8, 4) is 0 Å². The molecule has 0 aromatic heterocycles. The largest absolute Gasteiger partial charge is 0.369 e. The van der Waals surface area contributed by atoms with Gasteiger partial charge in [0.25, 0.3) is 0 Å². The Labute approximate surface area is 76.8 Å². The summed E-state index contributed by atoms with van der Waals surface area (Å²) in [7, 11) is 0. The Kier molecular flexibility index (Phi) is 13.4. The molecule has 76 valence electrons. The molecule has 0 aromatic rings. The molecule has 0 saturated heterocycles. The number of guanidine groups is 1. The van der Waals surface area contributed by atoms with Gasteiger partial charge in [0.2, 0.25) is 5.96 Å². The number of nitrogens with one attached hydrogen (secondary N) is 2. The van der Waals surface area contributed by atoms with Crippen LogP contribution in [0.1, 0.15) is 8.35 Å². The van der Waals surface area contributed by atoms with Gasteiger partial charge in [-0.2, -0.15) is 5.10 Å². The molecule has 0 unspecified atom stereocenters. The van der Waals surface area contributed by atoms with E-state index >= 15 is 0 Å². The molecular formula is C6H14N4O3. The van der Waals surface area contributed by atoms with Crippen LogP contribution >= 0.6 is 0 Å². The van der Waals surface area contributed by atoms with Crippen molar-refractivity contribution in [2.75, 3.05) is 0 Å². The zero-order valence-corrected chi connectivity index (χ0v) is 7.10. The van der Waals surface area contributed by atoms with Crippen LogP contribution in [-0.4, -0.2) is 23.9 Å². The molecule has 5 N–H and O–H groups in total. The van der Waals surface area contributed by atoms with E-state index in [-0.39, 0.29) is 13.9 Å². The topological polar surface area (TPSA) is 121 Å². The van der Waals surface area contributed by atoms with Crippen LogP contribution in [0.4, 0.5) is 0 Å². The van der Waals surface area contributed by atoms with E-state index in [1.807, 2.05) is 13.0 Å². The van der Waals surface area contributed by atoms with E-state index in [9.17, 15) is 0 Å². The van der Waals surface area contributed by atoms with E-state index in [0.29, 0.717) is 0 Å². The molecule has 7 heteroatoms. The van der Waals surface area contributed by atoms with Gasteiger partial charge in [-0.25, -0.2) is 10.7 Å². The van der Waals surface area contributed by atoms with Crippen molar-refractivity contribution in [2.45, 2.75) is 6.92 Å². The Morgan fingerprint density at radius 1 is 1.85 bits per heavy atom. The van der Waals surface area contributed by atoms with Gasteiger partial charge in [-0.15, -0.1) is 0 Å². The second-order valence-electron chi connectivity index (χ2n) is 1.53. The molecule has 0 heterocycles. The Morgan fingerprint density at radius 2 is 2.38 bits per heavy atom. The minimum Gasteiger partial charge on any atom is -0.369 e. The lowest BCUT2D eigenvalue weighted by molar-refractivity contribution is -0.217. The molecule has 0 atom stereocenters. The first-order chi connectivity index (χ1) is 6.18. The Bertz CT molecular complexity index is 196. The van der Waals surface area contributed by atoms with Crippen LogP contribution in [0.25, 0.3) is 0 Å². The highest BCUT2D eigenvalue weighted by Crippen LogP contribution is 1.62. The molecule has 0 radical (unpaired) electrons. The van der Waals surface area contributed by atoms with Gasteiger partial charge in [0.1, 0.15) is 0 Å². The number of carbonyl (C=O) groups excluding carboxylic acids is 1. The number of allylic oxidation sites excluding steroid dienone is 2. The second-order valence-corrected chi connectivity index (χ2v) is 1.53. The minimum absolute atomic E-state index is 0. The maximum atomic E-state index is 8.70. The average molecular weight is 190 g/mol. The van der Waals surface area contributed by atoms with Crippen molar-refractivity contribution in [3.05, 3.63) is 12.2 Å². The fourth-order valence-electron chi connectivity index (χ4n) is 0.236. The Morgan fingerprint density at radius 3 is 2.69 bits per heavy atom. The molecule has 13 heavy (non-hydrogen) atoms. The third kappa shape index (κ3) is 25.5. The summed E-state index contributed by atoms with van der Waals surface area (Å²) in [6.07, 6.45) is 5.07. The van der Waals surface area contributed by atoms with Crippen LogP contribution in [-0.2, 0) is 9.68 Å². The molecule has 0 saturated carbocycles. The van der Waals surface area contributed by atoms with Crippen molar-refractivity contribution < 1.29 is 16.4 Å². The van der Waals surface area contributed by atoms with E-state index in [2.05, 4.69) is 15.4 Å². The van der Waals surface area contributed by atoms with Gasteiger partial charge in [-0.05, 0) is 13.0 Å². The zero-order valence-electron chi connectivity index (χ0n) is 7.10. The van der Waals surface area contributed by atoms with Gasteiger partial charge < -0.3 is 10.6 Å². The highest BCUT2D eigenvalue weighted by Gasteiger charge is 1.73. The van der Waals surface area contributed by atoms with Crippen molar-refractivity contribution in [1.82, 2.24) is 5.43 Å². The van der Waals surface area contributed by atoms with Crippen LogP contribution in [0, 0.1) is 5.41 Å². The quantitative estimate of drug-likeness (QED) is 0.163. The summed E-state index contributed by atoms with van der Waals surface area (Å²) in [5, 5.41) is 17.2. The van der Waals surface area contributed by atoms with Crippen LogP contribution in [0.15, 0.2) is 17.3 Å². The maximum absolute atomic E-state index is 8.70. The van der Waals surface area contributed by atoms with Crippen LogP contribution in [0.5, 0.6) is 0 Å². The summed E-state index contributed by atoms with van der Waals surface area (Å²) in [5.74, 6) is -0.157. The van der Waals surface area contributed by atoms with E-state index in [1.165, 1.54) is 6.21 Å². The first kappa shape index (κ1) is 13.7. The lowest BCUT2D eigenvalue weighted by Gasteiger charge is -1.89. The number of hydrazone groups is 1. The number of carbonyl (C=O) groups is 1. The van der Waals surface area contributed by atoms with Gasteiger partial charge >= 0.3 is 6.47 Å². The number of rotatable bonds is 3. The van der Waals surface area contributed by atoms with E-state index < -0.39 is 0 Å². The predicted molar refractivity (Wildman–Crippen MR) is 50.2 cm³/mol. The minimum atomic E-state index is -0.157. The fourth-order valence-corrected chi connectivity index (χ4v) is 0.236. The summed E-state index contributed by atoms with van der Waals surface area (Å²) >= 11 is 0. The molecule has 7 nitrogen and oxygen atoms in total. The van der Waals surface area contributed by atoms with Gasteiger partial charge in [0, 0.05) is 7.64 Å². The number of hydrogen-bond acceptors (Lipinski definition) is 5. The summed E-state index contributed by atoms with van der Waals surface area (Å²) in [5.41, 5.74) is 7.17. The van der Waals surface area contributed by atoms with Gasteiger partial charge in [-0.1, -0.05) is 6.08 Å². The molecule has 0 spiro atoms. The van der Waals surface area contributed by atoms with Gasteiger partial charge in [0.05, 0.1) is 0 Å². The Balaban J connectivity index is -0.000000209. The number of hydrogen-bond donors (Lipinski definition) is 4. The van der Waals surface area contributed by atoms with Crippen molar-refractivity contribution in [1.29, 1.82) is 5.41 Å². The molecule has 0 amide bonds. The first-order valence-corrected chi connectivity index (χ1v) is 3.17. The second kappa shape index (κ2) is 12.8. The van der Waals surface area contributed by atoms with E-state index in [0.717, 1.165) is 0 Å². The molecule has 0 rings (SSSR count). The van der Waals surface area contributed by atoms with Crippen molar-refractivity contribution in [3.63, 3.8) is 0 Å². The van der Waals surface area contributed by atoms with Gasteiger partial charge in [-0.3, -0.25) is 10.2 Å². The summed E-state index contributed by atoms with van der Waals surface area (Å²) < 4.78 is 0. The molecule has 0 bridgehead atoms. The van der Waals surface area contributed by atoms with Crippen molar-refractivity contribution >= 4 is 18.6 Å². The summed E-state index contributed by atoms with van der Waals surface area (Å²) in [6.45, 7) is 1.81. The van der Waals surface area contributed by atoms with E-state index in [4.69, 9.17) is 21.2 Å². The average Bonchev–Trinajstić information content (AvgIpc) is 2.13. The molecule has 0 aromatic carbocycles. The smallest absolute Gasteiger partial charge is 0.330 e. The monoisotopic (exact) mass is 190 g/mol. The van der Waals surface area contributed by atoms with Gasteiger partial charge in [0.15, 0.2) is 0 Å². The maximum Gasteiger partial charge on any atom is 0.330 e. The zero-order chi connectivity index (χ0) is 10.5. The Hall–Kier alpha value is -1.89. The fraction of sp³-hybridized carbons (Fsp3) is 0.167. The standard InChI is InChI=1S/C5H10N4.CH2O3.H2/c1-2-3-4-8-9-5(6)7;2-1-4-3;/h2-4H,1H3,(H4,6,7,9);1,3H;1H/b3-2+,8-4+;;. The number of nitrogens with two attached hydrogens (primary N) is 1. The number of nitrogens with zero attached hydrogens (tertiary/aromatic N) is 1. The summed E-state index contributed by atoms with van der Waals surface area (Å²) in [4.78, 5) is 11.6. The van der Waals surface area contributed by atoms with Crippen LogP contribution < -0.4 is 11.2 Å². The molecule has 0 aliphatic heterocycles. The lowest BCUT2D eigenvalue weighted by Crippen LogP contribution is -2.25. The van der Waals surface area contributed by atoms with Crippen molar-refractivity contribution in [2.24, 2.45) is 10.8 Å². The molecule has 0 fully saturated rings.